The smallest absolute Gasteiger partial charge is 0.480 e. The van der Waals surface area contributed by atoms with Crippen LogP contribution in [0.1, 0.15) is 45.4 Å². The molecule has 1 heterocycles. The number of alkyl halides is 3. The predicted molar refractivity (Wildman–Crippen MR) is 97.6 cm³/mol. The van der Waals surface area contributed by atoms with Crippen molar-refractivity contribution in [3.8, 4) is 0 Å². The van der Waals surface area contributed by atoms with Crippen LogP contribution in [0.25, 0.3) is 0 Å². The van der Waals surface area contributed by atoms with Gasteiger partial charge >= 0.3 is 18.1 Å². The van der Waals surface area contributed by atoms with Crippen LogP contribution in [0.5, 0.6) is 0 Å². The summed E-state index contributed by atoms with van der Waals surface area (Å²) in [5.41, 5.74) is 5.45. The molecule has 28 heavy (non-hydrogen) atoms. The Morgan fingerprint density at radius 3 is 2.18 bits per heavy atom. The maximum Gasteiger partial charge on any atom is 0.490 e. The minimum absolute atomic E-state index is 0.0774. The molecule has 2 unspecified atom stereocenters. The molecule has 1 saturated heterocycles. The van der Waals surface area contributed by atoms with Gasteiger partial charge in [-0.2, -0.15) is 13.2 Å². The molecule has 5 N–H and O–H groups in total. The molecule has 0 aromatic rings. The molecule has 0 aromatic heterocycles. The van der Waals surface area contributed by atoms with Crippen molar-refractivity contribution in [1.82, 2.24) is 4.90 Å². The quantitative estimate of drug-likeness (QED) is 0.320. The zero-order valence-corrected chi connectivity index (χ0v) is 16.8. The molecule has 0 spiro atoms. The predicted octanol–water partition coefficient (Wildman–Crippen LogP) is 2.35. The fourth-order valence-electron chi connectivity index (χ4n) is 2.97. The first-order valence-electron chi connectivity index (χ1n) is 9.12. The number of hydrogen-bond acceptors (Lipinski definition) is 5. The SMILES string of the molecule is CCCCCN1CCP(=O)(O)C(CCCCN)(C(=O)O)C1.O=C(O)C(F)(F)F. The topological polar surface area (TPSA) is 141 Å². The van der Waals surface area contributed by atoms with Crippen molar-refractivity contribution in [1.29, 1.82) is 0 Å². The second kappa shape index (κ2) is 11.7. The van der Waals surface area contributed by atoms with Crippen LogP contribution >= 0.6 is 7.37 Å². The fraction of sp³-hybridized carbons (Fsp3) is 0.875. The zero-order valence-electron chi connectivity index (χ0n) is 16.0. The molecule has 1 rings (SSSR count). The molecule has 0 aliphatic carbocycles. The summed E-state index contributed by atoms with van der Waals surface area (Å²) in [6.45, 7) is 4.10. The van der Waals surface area contributed by atoms with Gasteiger partial charge in [-0.05, 0) is 32.4 Å². The second-order valence-corrected chi connectivity index (χ2v) is 9.50. The molecule has 166 valence electrons. The van der Waals surface area contributed by atoms with Gasteiger partial charge < -0.3 is 25.7 Å². The number of rotatable bonds is 9. The standard InChI is InChI=1S/C14H29N2O4P.C2HF3O2/c1-2-3-6-9-16-10-11-21(19,20)14(12-16,13(17)18)7-4-5-8-15;3-2(4,5)1(6)7/h2-12,15H2,1H3,(H,17,18)(H,19,20);(H,6,7). The summed E-state index contributed by atoms with van der Waals surface area (Å²) >= 11 is 0. The largest absolute Gasteiger partial charge is 0.490 e. The van der Waals surface area contributed by atoms with Crippen molar-refractivity contribution in [2.24, 2.45) is 5.73 Å². The van der Waals surface area contributed by atoms with E-state index in [0.29, 0.717) is 25.9 Å². The fourth-order valence-corrected chi connectivity index (χ4v) is 5.18. The van der Waals surface area contributed by atoms with Crippen LogP contribution in [0.3, 0.4) is 0 Å². The van der Waals surface area contributed by atoms with Crippen LogP contribution in [0.15, 0.2) is 0 Å². The molecule has 0 aromatic carbocycles. The number of aliphatic carboxylic acids is 2. The summed E-state index contributed by atoms with van der Waals surface area (Å²) in [5, 5.41) is 15.2. The molecule has 8 nitrogen and oxygen atoms in total. The molecule has 1 aliphatic rings. The third-order valence-electron chi connectivity index (χ3n) is 4.64. The van der Waals surface area contributed by atoms with Crippen LogP contribution in [-0.4, -0.2) is 75.6 Å². The Bertz CT molecular complexity index is 561. The summed E-state index contributed by atoms with van der Waals surface area (Å²) in [5.74, 6) is -3.89. The molecule has 2 atom stereocenters. The zero-order chi connectivity index (χ0) is 22.0. The number of nitrogens with zero attached hydrogens (tertiary/aromatic N) is 1. The first-order chi connectivity index (χ1) is 12.8. The highest BCUT2D eigenvalue weighted by atomic mass is 31.2. The van der Waals surface area contributed by atoms with Crippen LogP contribution in [-0.2, 0) is 14.2 Å². The first kappa shape index (κ1) is 26.8. The molecule has 0 amide bonds. The van der Waals surface area contributed by atoms with Crippen molar-refractivity contribution in [2.45, 2.75) is 56.8 Å². The third-order valence-corrected chi connectivity index (χ3v) is 7.34. The molecule has 0 radical (unpaired) electrons. The van der Waals surface area contributed by atoms with Gasteiger partial charge in [-0.15, -0.1) is 0 Å². The normalized spacial score (nSPS) is 25.6. The third kappa shape index (κ3) is 8.06. The average molecular weight is 434 g/mol. The van der Waals surface area contributed by atoms with E-state index in [4.69, 9.17) is 15.6 Å². The maximum absolute atomic E-state index is 12.5. The molecule has 0 saturated carbocycles. The van der Waals surface area contributed by atoms with Crippen LogP contribution in [0, 0.1) is 0 Å². The van der Waals surface area contributed by atoms with Gasteiger partial charge in [0.25, 0.3) is 0 Å². The summed E-state index contributed by atoms with van der Waals surface area (Å²) in [6, 6.07) is 0. The average Bonchev–Trinajstić information content (AvgIpc) is 2.57. The van der Waals surface area contributed by atoms with E-state index in [1.165, 1.54) is 0 Å². The van der Waals surface area contributed by atoms with E-state index >= 15 is 0 Å². The van der Waals surface area contributed by atoms with Gasteiger partial charge in [-0.1, -0.05) is 26.2 Å². The van der Waals surface area contributed by atoms with E-state index in [0.717, 1.165) is 25.8 Å². The van der Waals surface area contributed by atoms with Crippen molar-refractivity contribution in [3.05, 3.63) is 0 Å². The number of unbranched alkanes of at least 4 members (excludes halogenated alkanes) is 3. The number of carboxylic acids is 2. The Balaban J connectivity index is 0.000000887. The number of hydrogen-bond donors (Lipinski definition) is 4. The van der Waals surface area contributed by atoms with E-state index in [1.54, 1.807) is 0 Å². The van der Waals surface area contributed by atoms with Crippen molar-refractivity contribution in [3.63, 3.8) is 0 Å². The van der Waals surface area contributed by atoms with Crippen molar-refractivity contribution >= 4 is 19.3 Å². The van der Waals surface area contributed by atoms with E-state index in [1.807, 2.05) is 4.90 Å². The van der Waals surface area contributed by atoms with E-state index in [2.05, 4.69) is 6.92 Å². The van der Waals surface area contributed by atoms with Gasteiger partial charge in [0.2, 0.25) is 7.37 Å². The number of nitrogens with two attached hydrogens (primary N) is 1. The van der Waals surface area contributed by atoms with Gasteiger partial charge in [0, 0.05) is 19.3 Å². The summed E-state index contributed by atoms with van der Waals surface area (Å²) in [7, 11) is -3.68. The van der Waals surface area contributed by atoms with Crippen LogP contribution in [0.4, 0.5) is 13.2 Å². The maximum atomic E-state index is 12.5. The van der Waals surface area contributed by atoms with Gasteiger partial charge in [0.1, 0.15) is 0 Å². The lowest BCUT2D eigenvalue weighted by Crippen LogP contribution is -2.54. The summed E-state index contributed by atoms with van der Waals surface area (Å²) in [4.78, 5) is 33.0. The first-order valence-corrected chi connectivity index (χ1v) is 11.0. The van der Waals surface area contributed by atoms with E-state index in [-0.39, 0.29) is 19.1 Å². The number of carboxylic acid groups (broad SMARTS) is 2. The van der Waals surface area contributed by atoms with Crippen LogP contribution in [0.2, 0.25) is 0 Å². The molecule has 0 bridgehead atoms. The minimum atomic E-state index is -5.08. The number of carbonyl (C=O) groups is 2. The Morgan fingerprint density at radius 2 is 1.75 bits per heavy atom. The van der Waals surface area contributed by atoms with Gasteiger partial charge in [0.15, 0.2) is 5.16 Å². The van der Waals surface area contributed by atoms with Gasteiger partial charge in [-0.3, -0.25) is 9.36 Å². The summed E-state index contributed by atoms with van der Waals surface area (Å²) < 4.78 is 44.3. The lowest BCUT2D eigenvalue weighted by Gasteiger charge is -2.43. The van der Waals surface area contributed by atoms with Gasteiger partial charge in [0.05, 0.1) is 0 Å². The highest BCUT2D eigenvalue weighted by Gasteiger charge is 2.56. The Morgan fingerprint density at radius 1 is 1.18 bits per heavy atom. The van der Waals surface area contributed by atoms with E-state index in [9.17, 15) is 32.5 Å². The molecular formula is C16H30F3N2O6P. The van der Waals surface area contributed by atoms with Crippen LogP contribution < -0.4 is 5.73 Å². The monoisotopic (exact) mass is 434 g/mol. The minimum Gasteiger partial charge on any atom is -0.480 e. The second-order valence-electron chi connectivity index (χ2n) is 6.79. The van der Waals surface area contributed by atoms with Gasteiger partial charge in [-0.25, -0.2) is 4.79 Å². The van der Waals surface area contributed by atoms with Crippen molar-refractivity contribution < 1.29 is 42.4 Å². The lowest BCUT2D eigenvalue weighted by atomic mass is 9.99. The highest BCUT2D eigenvalue weighted by molar-refractivity contribution is 7.61. The molecule has 1 aliphatic heterocycles. The van der Waals surface area contributed by atoms with E-state index < -0.39 is 30.6 Å². The number of halogens is 3. The molecular weight excluding hydrogens is 404 g/mol. The summed E-state index contributed by atoms with van der Waals surface area (Å²) in [6.07, 6.45) is -0.301. The Labute approximate surface area is 162 Å². The molecule has 1 fully saturated rings. The Hall–Kier alpha value is -1.16. The Kier molecular flexibility index (Phi) is 11.3. The molecule has 12 heteroatoms. The lowest BCUT2D eigenvalue weighted by molar-refractivity contribution is -0.192. The van der Waals surface area contributed by atoms with Crippen molar-refractivity contribution in [2.75, 3.05) is 32.3 Å². The highest BCUT2D eigenvalue weighted by Crippen LogP contribution is 2.59.